The molecule has 21 heavy (non-hydrogen) atoms. The maximum absolute atomic E-state index is 14.1. The summed E-state index contributed by atoms with van der Waals surface area (Å²) in [4.78, 5) is 3.93. The molecule has 106 valence electrons. The normalized spacial score (nSPS) is 10.8. The van der Waals surface area contributed by atoms with E-state index in [2.05, 4.69) is 20.9 Å². The van der Waals surface area contributed by atoms with Gasteiger partial charge in [-0.2, -0.15) is 0 Å². The number of rotatable bonds is 3. The van der Waals surface area contributed by atoms with Crippen molar-refractivity contribution in [3.63, 3.8) is 0 Å². The van der Waals surface area contributed by atoms with Crippen molar-refractivity contribution < 1.29 is 9.13 Å². The molecule has 0 saturated heterocycles. The molecule has 0 radical (unpaired) electrons. The monoisotopic (exact) mass is 365 g/mol. The number of pyridine rings is 1. The van der Waals surface area contributed by atoms with Crippen LogP contribution in [-0.2, 0) is 5.88 Å². The van der Waals surface area contributed by atoms with E-state index >= 15 is 0 Å². The third-order valence-electron chi connectivity index (χ3n) is 3.12. The molecule has 3 rings (SSSR count). The quantitative estimate of drug-likeness (QED) is 0.557. The fraction of sp³-hybridized carbons (Fsp3) is 0.0625. The van der Waals surface area contributed by atoms with Gasteiger partial charge in [0.25, 0.3) is 5.88 Å². The highest BCUT2D eigenvalue weighted by Gasteiger charge is 2.13. The lowest BCUT2D eigenvalue weighted by Crippen LogP contribution is -1.96. The lowest BCUT2D eigenvalue weighted by Gasteiger charge is -2.10. The average molecular weight is 367 g/mol. The number of benzene rings is 2. The Morgan fingerprint density at radius 2 is 1.95 bits per heavy atom. The molecule has 0 spiro atoms. The molecule has 3 aromatic rings. The van der Waals surface area contributed by atoms with Crippen LogP contribution in [-0.4, -0.2) is 4.98 Å². The Morgan fingerprint density at radius 3 is 2.76 bits per heavy atom. The number of alkyl halides is 1. The van der Waals surface area contributed by atoms with E-state index in [1.807, 2.05) is 30.3 Å². The van der Waals surface area contributed by atoms with Gasteiger partial charge in [-0.25, -0.2) is 9.37 Å². The van der Waals surface area contributed by atoms with Gasteiger partial charge < -0.3 is 4.74 Å². The summed E-state index contributed by atoms with van der Waals surface area (Å²) < 4.78 is 20.5. The minimum absolute atomic E-state index is 0.0730. The average Bonchev–Trinajstić information content (AvgIpc) is 2.52. The van der Waals surface area contributed by atoms with Gasteiger partial charge in [-0.15, -0.1) is 11.6 Å². The minimum Gasteiger partial charge on any atom is -0.435 e. The summed E-state index contributed by atoms with van der Waals surface area (Å²) in [6, 6.07) is 13.1. The minimum atomic E-state index is -0.535. The van der Waals surface area contributed by atoms with Crippen molar-refractivity contribution in [3.8, 4) is 11.6 Å². The van der Waals surface area contributed by atoms with Crippen LogP contribution in [0, 0.1) is 5.82 Å². The molecule has 2 nitrogen and oxygen atoms in total. The van der Waals surface area contributed by atoms with E-state index in [0.717, 1.165) is 15.2 Å². The van der Waals surface area contributed by atoms with Crippen LogP contribution in [0.5, 0.6) is 11.6 Å². The Kier molecular flexibility index (Phi) is 4.08. The van der Waals surface area contributed by atoms with Crippen LogP contribution >= 0.6 is 27.5 Å². The van der Waals surface area contributed by atoms with Crippen molar-refractivity contribution >= 4 is 38.3 Å². The van der Waals surface area contributed by atoms with Crippen LogP contribution in [0.15, 0.2) is 53.1 Å². The molecular formula is C16H10BrClFNO. The van der Waals surface area contributed by atoms with Crippen LogP contribution in [0.4, 0.5) is 4.39 Å². The number of nitrogens with zero attached hydrogens (tertiary/aromatic N) is 1. The van der Waals surface area contributed by atoms with Gasteiger partial charge in [0, 0.05) is 11.8 Å². The summed E-state index contributed by atoms with van der Waals surface area (Å²) in [6.45, 7) is 0. The first-order chi connectivity index (χ1) is 10.2. The molecule has 1 aromatic heterocycles. The first-order valence-corrected chi connectivity index (χ1v) is 7.58. The standard InChI is InChI=1S/C16H10BrClFNO/c17-14-12-4-2-1-3-10(12)5-6-13(14)21-16-15(19)11(9-18)7-8-20-16/h1-8H,9H2. The lowest BCUT2D eigenvalue weighted by molar-refractivity contribution is 0.419. The van der Waals surface area contributed by atoms with Gasteiger partial charge >= 0.3 is 0 Å². The highest BCUT2D eigenvalue weighted by Crippen LogP contribution is 2.36. The fourth-order valence-electron chi connectivity index (χ4n) is 2.03. The third-order valence-corrected chi connectivity index (χ3v) is 4.22. The molecule has 1 heterocycles. The van der Waals surface area contributed by atoms with E-state index in [-0.39, 0.29) is 11.8 Å². The number of halogens is 3. The van der Waals surface area contributed by atoms with Crippen LogP contribution < -0.4 is 4.74 Å². The predicted octanol–water partition coefficient (Wildman–Crippen LogP) is 5.67. The topological polar surface area (TPSA) is 22.1 Å². The first kappa shape index (κ1) is 14.3. The summed E-state index contributed by atoms with van der Waals surface area (Å²) in [7, 11) is 0. The van der Waals surface area contributed by atoms with Crippen molar-refractivity contribution in [2.75, 3.05) is 0 Å². The molecule has 0 fully saturated rings. The molecule has 0 bridgehead atoms. The Balaban J connectivity index is 2.04. The van der Waals surface area contributed by atoms with Crippen molar-refractivity contribution in [1.29, 1.82) is 0 Å². The molecule has 0 saturated carbocycles. The second-order valence-electron chi connectivity index (χ2n) is 4.42. The number of ether oxygens (including phenoxy) is 1. The zero-order chi connectivity index (χ0) is 14.8. The number of hydrogen-bond donors (Lipinski definition) is 0. The Hall–Kier alpha value is -1.65. The molecule has 2 aromatic carbocycles. The molecule has 0 aliphatic carbocycles. The summed E-state index contributed by atoms with van der Waals surface area (Å²) >= 11 is 9.18. The van der Waals surface area contributed by atoms with Crippen LogP contribution in [0.1, 0.15) is 5.56 Å². The van der Waals surface area contributed by atoms with Gasteiger partial charge in [0.05, 0.1) is 10.4 Å². The van der Waals surface area contributed by atoms with E-state index in [1.54, 1.807) is 6.07 Å². The van der Waals surface area contributed by atoms with Gasteiger partial charge in [-0.05, 0) is 38.8 Å². The molecule has 0 N–H and O–H groups in total. The molecule has 0 atom stereocenters. The maximum atomic E-state index is 14.1. The molecule has 0 aliphatic heterocycles. The molecule has 0 aliphatic rings. The molecular weight excluding hydrogens is 357 g/mol. The highest BCUT2D eigenvalue weighted by atomic mass is 79.9. The second kappa shape index (κ2) is 6.00. The van der Waals surface area contributed by atoms with Gasteiger partial charge in [-0.3, -0.25) is 0 Å². The van der Waals surface area contributed by atoms with E-state index in [9.17, 15) is 4.39 Å². The Bertz CT molecular complexity index is 809. The van der Waals surface area contributed by atoms with Crippen LogP contribution in [0.3, 0.4) is 0 Å². The summed E-state index contributed by atoms with van der Waals surface area (Å²) in [5.74, 6) is -0.0348. The van der Waals surface area contributed by atoms with Crippen LogP contribution in [0.25, 0.3) is 10.8 Å². The third kappa shape index (κ3) is 2.74. The zero-order valence-electron chi connectivity index (χ0n) is 10.8. The van der Waals surface area contributed by atoms with Gasteiger partial charge in [0.15, 0.2) is 5.82 Å². The smallest absolute Gasteiger partial charge is 0.256 e. The van der Waals surface area contributed by atoms with E-state index in [0.29, 0.717) is 11.3 Å². The van der Waals surface area contributed by atoms with E-state index in [4.69, 9.17) is 16.3 Å². The van der Waals surface area contributed by atoms with Crippen LogP contribution in [0.2, 0.25) is 0 Å². The van der Waals surface area contributed by atoms with Crippen molar-refractivity contribution in [1.82, 2.24) is 4.98 Å². The Morgan fingerprint density at radius 1 is 1.14 bits per heavy atom. The lowest BCUT2D eigenvalue weighted by atomic mass is 10.1. The highest BCUT2D eigenvalue weighted by molar-refractivity contribution is 9.10. The van der Waals surface area contributed by atoms with E-state index in [1.165, 1.54) is 12.3 Å². The first-order valence-electron chi connectivity index (χ1n) is 6.25. The van der Waals surface area contributed by atoms with Gasteiger partial charge in [-0.1, -0.05) is 30.3 Å². The predicted molar refractivity (Wildman–Crippen MR) is 85.5 cm³/mol. The van der Waals surface area contributed by atoms with E-state index < -0.39 is 5.82 Å². The SMILES string of the molecule is Fc1c(CCl)ccnc1Oc1ccc2ccccc2c1Br. The Labute approximate surface area is 134 Å². The maximum Gasteiger partial charge on any atom is 0.256 e. The second-order valence-corrected chi connectivity index (χ2v) is 5.48. The molecule has 5 heteroatoms. The fourth-order valence-corrected chi connectivity index (χ4v) is 2.81. The van der Waals surface area contributed by atoms with Crippen molar-refractivity contribution in [2.24, 2.45) is 0 Å². The van der Waals surface area contributed by atoms with Crippen molar-refractivity contribution in [2.45, 2.75) is 5.88 Å². The number of aromatic nitrogens is 1. The summed E-state index contributed by atoms with van der Waals surface area (Å²) in [6.07, 6.45) is 1.48. The molecule has 0 unspecified atom stereocenters. The number of hydrogen-bond acceptors (Lipinski definition) is 2. The molecule has 0 amide bonds. The largest absolute Gasteiger partial charge is 0.435 e. The summed E-state index contributed by atoms with van der Waals surface area (Å²) in [5, 5.41) is 2.06. The number of fused-ring (bicyclic) bond motifs is 1. The van der Waals surface area contributed by atoms with Crippen molar-refractivity contribution in [3.05, 3.63) is 64.5 Å². The van der Waals surface area contributed by atoms with Gasteiger partial charge in [0.2, 0.25) is 0 Å². The zero-order valence-corrected chi connectivity index (χ0v) is 13.2. The van der Waals surface area contributed by atoms with Gasteiger partial charge in [0.1, 0.15) is 5.75 Å². The summed E-state index contributed by atoms with van der Waals surface area (Å²) in [5.41, 5.74) is 0.360.